The first-order valence-electron chi connectivity index (χ1n) is 5.35. The Morgan fingerprint density at radius 2 is 2.27 bits per heavy atom. The summed E-state index contributed by atoms with van der Waals surface area (Å²) in [5.41, 5.74) is 1.37. The lowest BCUT2D eigenvalue weighted by atomic mass is 10.0. The van der Waals surface area contributed by atoms with E-state index in [1.54, 1.807) is 0 Å². The van der Waals surface area contributed by atoms with E-state index in [-0.39, 0.29) is 0 Å². The fourth-order valence-electron chi connectivity index (χ4n) is 1.94. The number of benzene rings is 1. The molecule has 0 fully saturated rings. The average Bonchev–Trinajstić information content (AvgIpc) is 2.18. The standard InChI is InChI=1S/C12H16ClNS/c1-8(2)14-11-5-6-15-12-4-3-9(13)7-10(11)12/h3-4,7-8,11,14H,5-6H2,1-2H3. The number of nitrogens with one attached hydrogen (secondary N) is 1. The first-order valence-corrected chi connectivity index (χ1v) is 6.71. The monoisotopic (exact) mass is 241 g/mol. The Hall–Kier alpha value is -0.180. The molecule has 1 nitrogen and oxygen atoms in total. The molecule has 0 bridgehead atoms. The van der Waals surface area contributed by atoms with Gasteiger partial charge in [-0.25, -0.2) is 0 Å². The Kier molecular flexibility index (Phi) is 3.60. The van der Waals surface area contributed by atoms with Crippen LogP contribution in [0.1, 0.15) is 31.9 Å². The number of hydrogen-bond acceptors (Lipinski definition) is 2. The average molecular weight is 242 g/mol. The lowest BCUT2D eigenvalue weighted by molar-refractivity contribution is 0.460. The molecule has 82 valence electrons. The van der Waals surface area contributed by atoms with Crippen molar-refractivity contribution in [3.63, 3.8) is 0 Å². The molecule has 1 atom stereocenters. The molecule has 1 heterocycles. The summed E-state index contributed by atoms with van der Waals surface area (Å²) in [4.78, 5) is 1.38. The number of hydrogen-bond donors (Lipinski definition) is 1. The molecule has 1 aromatic carbocycles. The van der Waals surface area contributed by atoms with Gasteiger partial charge in [-0.2, -0.15) is 0 Å². The molecule has 0 saturated heterocycles. The van der Waals surface area contributed by atoms with Crippen molar-refractivity contribution < 1.29 is 0 Å². The fraction of sp³-hybridized carbons (Fsp3) is 0.500. The summed E-state index contributed by atoms with van der Waals surface area (Å²) < 4.78 is 0. The van der Waals surface area contributed by atoms with Crippen LogP contribution in [0.15, 0.2) is 23.1 Å². The number of thioether (sulfide) groups is 1. The molecule has 1 aliphatic heterocycles. The highest BCUT2D eigenvalue weighted by molar-refractivity contribution is 7.99. The van der Waals surface area contributed by atoms with Gasteiger partial charge in [0.05, 0.1) is 0 Å². The molecule has 2 rings (SSSR count). The molecule has 15 heavy (non-hydrogen) atoms. The van der Waals surface area contributed by atoms with Gasteiger partial charge in [0.15, 0.2) is 0 Å². The van der Waals surface area contributed by atoms with Crippen LogP contribution >= 0.6 is 23.4 Å². The van der Waals surface area contributed by atoms with Gasteiger partial charge in [-0.3, -0.25) is 0 Å². The smallest absolute Gasteiger partial charge is 0.0410 e. The summed E-state index contributed by atoms with van der Waals surface area (Å²) in [7, 11) is 0. The van der Waals surface area contributed by atoms with Crippen molar-refractivity contribution in [2.75, 3.05) is 5.75 Å². The second-order valence-corrected chi connectivity index (χ2v) is 5.77. The highest BCUT2D eigenvalue weighted by Gasteiger charge is 2.20. The zero-order valence-corrected chi connectivity index (χ0v) is 10.7. The van der Waals surface area contributed by atoms with Crippen molar-refractivity contribution in [2.45, 2.75) is 37.2 Å². The zero-order valence-electron chi connectivity index (χ0n) is 9.09. The van der Waals surface area contributed by atoms with E-state index in [0.717, 1.165) is 5.02 Å². The van der Waals surface area contributed by atoms with Crippen LogP contribution in [0.2, 0.25) is 5.02 Å². The first-order chi connectivity index (χ1) is 7.16. The topological polar surface area (TPSA) is 12.0 Å². The van der Waals surface area contributed by atoms with Crippen molar-refractivity contribution in [2.24, 2.45) is 0 Å². The molecule has 1 aliphatic rings. The van der Waals surface area contributed by atoms with Gasteiger partial charge in [-0.05, 0) is 35.9 Å². The third-order valence-corrected chi connectivity index (χ3v) is 3.90. The Bertz CT molecular complexity index is 351. The molecule has 0 spiro atoms. The summed E-state index contributed by atoms with van der Waals surface area (Å²) in [5, 5.41) is 4.43. The third kappa shape index (κ3) is 2.68. The van der Waals surface area contributed by atoms with Crippen LogP contribution in [0, 0.1) is 0 Å². The van der Waals surface area contributed by atoms with Gasteiger partial charge in [0.2, 0.25) is 0 Å². The van der Waals surface area contributed by atoms with Crippen LogP contribution in [-0.2, 0) is 0 Å². The SMILES string of the molecule is CC(C)NC1CCSc2ccc(Cl)cc21. The largest absolute Gasteiger partial charge is 0.308 e. The second kappa shape index (κ2) is 4.77. The molecular weight excluding hydrogens is 226 g/mol. The molecule has 1 aromatic rings. The van der Waals surface area contributed by atoms with Crippen molar-refractivity contribution in [3.05, 3.63) is 28.8 Å². The van der Waals surface area contributed by atoms with Crippen LogP contribution in [0.4, 0.5) is 0 Å². The summed E-state index contributed by atoms with van der Waals surface area (Å²) >= 11 is 7.97. The maximum absolute atomic E-state index is 6.04. The Morgan fingerprint density at radius 1 is 1.47 bits per heavy atom. The van der Waals surface area contributed by atoms with E-state index in [1.807, 2.05) is 17.8 Å². The van der Waals surface area contributed by atoms with Crippen LogP contribution in [0.25, 0.3) is 0 Å². The van der Waals surface area contributed by atoms with Gasteiger partial charge in [0, 0.05) is 22.0 Å². The highest BCUT2D eigenvalue weighted by Crippen LogP contribution is 2.37. The predicted molar refractivity (Wildman–Crippen MR) is 67.8 cm³/mol. The van der Waals surface area contributed by atoms with Gasteiger partial charge in [-0.1, -0.05) is 25.4 Å². The van der Waals surface area contributed by atoms with E-state index in [1.165, 1.54) is 22.6 Å². The minimum atomic E-state index is 0.472. The molecule has 3 heteroatoms. The molecule has 1 N–H and O–H groups in total. The van der Waals surface area contributed by atoms with E-state index in [2.05, 4.69) is 31.3 Å². The quantitative estimate of drug-likeness (QED) is 0.844. The number of rotatable bonds is 2. The van der Waals surface area contributed by atoms with Gasteiger partial charge >= 0.3 is 0 Å². The predicted octanol–water partition coefficient (Wildman–Crippen LogP) is 3.87. The number of halogens is 1. The molecule has 0 aliphatic carbocycles. The van der Waals surface area contributed by atoms with E-state index in [4.69, 9.17) is 11.6 Å². The Labute approximate surface area is 101 Å². The fourth-order valence-corrected chi connectivity index (χ4v) is 3.23. The van der Waals surface area contributed by atoms with Crippen molar-refractivity contribution >= 4 is 23.4 Å². The van der Waals surface area contributed by atoms with Crippen molar-refractivity contribution in [1.82, 2.24) is 5.32 Å². The highest BCUT2D eigenvalue weighted by atomic mass is 35.5. The molecule has 0 saturated carbocycles. The van der Waals surface area contributed by atoms with E-state index in [9.17, 15) is 0 Å². The van der Waals surface area contributed by atoms with Crippen molar-refractivity contribution in [3.8, 4) is 0 Å². The Balaban J connectivity index is 2.28. The van der Waals surface area contributed by atoms with Gasteiger partial charge in [0.25, 0.3) is 0 Å². The minimum Gasteiger partial charge on any atom is -0.308 e. The maximum Gasteiger partial charge on any atom is 0.0410 e. The zero-order chi connectivity index (χ0) is 10.8. The molecular formula is C12H16ClNS. The lowest BCUT2D eigenvalue weighted by Gasteiger charge is -2.27. The van der Waals surface area contributed by atoms with Crippen LogP contribution in [-0.4, -0.2) is 11.8 Å². The van der Waals surface area contributed by atoms with Crippen LogP contribution in [0.3, 0.4) is 0 Å². The van der Waals surface area contributed by atoms with Crippen LogP contribution in [0.5, 0.6) is 0 Å². The summed E-state index contributed by atoms with van der Waals surface area (Å²) in [6.07, 6.45) is 1.19. The molecule has 0 radical (unpaired) electrons. The molecule has 1 unspecified atom stereocenters. The van der Waals surface area contributed by atoms with Gasteiger partial charge in [0.1, 0.15) is 0 Å². The summed E-state index contributed by atoms with van der Waals surface area (Å²) in [5.74, 6) is 1.19. The third-order valence-electron chi connectivity index (χ3n) is 2.55. The van der Waals surface area contributed by atoms with Gasteiger partial charge < -0.3 is 5.32 Å². The van der Waals surface area contributed by atoms with E-state index in [0.29, 0.717) is 12.1 Å². The molecule has 0 amide bonds. The Morgan fingerprint density at radius 3 is 3.00 bits per heavy atom. The summed E-state index contributed by atoms with van der Waals surface area (Å²) in [6.45, 7) is 4.37. The summed E-state index contributed by atoms with van der Waals surface area (Å²) in [6, 6.07) is 7.20. The van der Waals surface area contributed by atoms with E-state index < -0.39 is 0 Å². The second-order valence-electron chi connectivity index (χ2n) is 4.19. The van der Waals surface area contributed by atoms with E-state index >= 15 is 0 Å². The number of fused-ring (bicyclic) bond motifs is 1. The lowest BCUT2D eigenvalue weighted by Crippen LogP contribution is -2.30. The maximum atomic E-state index is 6.04. The van der Waals surface area contributed by atoms with Crippen molar-refractivity contribution in [1.29, 1.82) is 0 Å². The normalized spacial score (nSPS) is 20.4. The molecule has 0 aromatic heterocycles. The minimum absolute atomic E-state index is 0.472. The van der Waals surface area contributed by atoms with Crippen LogP contribution < -0.4 is 5.32 Å². The van der Waals surface area contributed by atoms with Gasteiger partial charge in [-0.15, -0.1) is 11.8 Å². The first kappa shape index (κ1) is 11.3.